The predicted molar refractivity (Wildman–Crippen MR) is 128 cm³/mol. The van der Waals surface area contributed by atoms with E-state index >= 15 is 0 Å². The molecule has 0 aliphatic rings. The van der Waals surface area contributed by atoms with Crippen LogP contribution in [0.15, 0.2) is 65.7 Å². The van der Waals surface area contributed by atoms with E-state index in [2.05, 4.69) is 41.5 Å². The van der Waals surface area contributed by atoms with Crippen LogP contribution >= 0.6 is 15.9 Å². The maximum atomic E-state index is 13.0. The number of hydrogen-bond donors (Lipinski definition) is 1. The van der Waals surface area contributed by atoms with Crippen LogP contribution in [-0.4, -0.2) is 40.1 Å². The van der Waals surface area contributed by atoms with Gasteiger partial charge in [-0.25, -0.2) is 9.50 Å². The Bertz CT molecular complexity index is 1570. The number of aryl methyl sites for hydroxylation is 1. The van der Waals surface area contributed by atoms with Crippen molar-refractivity contribution in [3.05, 3.63) is 82.5 Å². The van der Waals surface area contributed by atoms with Gasteiger partial charge in [0.25, 0.3) is 5.91 Å². The van der Waals surface area contributed by atoms with Crippen molar-refractivity contribution < 1.29 is 18.0 Å². The van der Waals surface area contributed by atoms with Gasteiger partial charge in [-0.1, -0.05) is 12.1 Å². The van der Waals surface area contributed by atoms with Gasteiger partial charge < -0.3 is 5.32 Å². The molecule has 0 aliphatic heterocycles. The van der Waals surface area contributed by atoms with Crippen molar-refractivity contribution >= 4 is 33.2 Å². The lowest BCUT2D eigenvalue weighted by Gasteiger charge is -2.08. The highest BCUT2D eigenvalue weighted by Crippen LogP contribution is 2.30. The minimum atomic E-state index is -4.42. The Balaban J connectivity index is 1.34. The first-order valence-corrected chi connectivity index (χ1v) is 11.6. The van der Waals surface area contributed by atoms with Crippen LogP contribution in [0.1, 0.15) is 28.5 Å². The standard InChI is InChI=1S/C23H18BrF3N8O/c1-2-33-13-17(24)21(32-33)19-6-7-28-20-9-18(31-35(19)20)22(36)30-16-10-29-34(12-16)11-14-4-3-5-15(8-14)23(25,26)27/h3-10,12-13H,2,11H2,1H3,(H,30,36). The van der Waals surface area contributed by atoms with E-state index in [1.807, 2.05) is 13.1 Å². The predicted octanol–water partition coefficient (Wildman–Crippen LogP) is 4.89. The molecule has 0 saturated carbocycles. The van der Waals surface area contributed by atoms with E-state index in [1.165, 1.54) is 23.1 Å². The number of amides is 1. The van der Waals surface area contributed by atoms with E-state index in [1.54, 1.807) is 33.6 Å². The number of rotatable bonds is 6. The number of alkyl halides is 3. The average molecular weight is 559 g/mol. The maximum absolute atomic E-state index is 13.0. The van der Waals surface area contributed by atoms with E-state index in [9.17, 15) is 18.0 Å². The van der Waals surface area contributed by atoms with Gasteiger partial charge >= 0.3 is 6.18 Å². The fourth-order valence-corrected chi connectivity index (χ4v) is 4.18. The van der Waals surface area contributed by atoms with Gasteiger partial charge in [0.2, 0.25) is 0 Å². The Morgan fingerprint density at radius 3 is 2.69 bits per heavy atom. The van der Waals surface area contributed by atoms with Crippen molar-refractivity contribution in [1.82, 2.24) is 34.2 Å². The summed E-state index contributed by atoms with van der Waals surface area (Å²) in [5, 5.41) is 15.8. The van der Waals surface area contributed by atoms with Crippen LogP contribution in [0, 0.1) is 0 Å². The molecular formula is C23H18BrF3N8O. The lowest BCUT2D eigenvalue weighted by Crippen LogP contribution is -2.12. The molecular weight excluding hydrogens is 541 g/mol. The van der Waals surface area contributed by atoms with Gasteiger partial charge in [-0.15, -0.1) is 0 Å². The summed E-state index contributed by atoms with van der Waals surface area (Å²) >= 11 is 3.51. The zero-order valence-corrected chi connectivity index (χ0v) is 20.3. The Morgan fingerprint density at radius 2 is 1.94 bits per heavy atom. The molecule has 36 heavy (non-hydrogen) atoms. The number of halogens is 4. The zero-order chi connectivity index (χ0) is 25.4. The second kappa shape index (κ2) is 9.22. The Kier molecular flexibility index (Phi) is 6.08. The Labute approximate surface area is 210 Å². The second-order valence-corrected chi connectivity index (χ2v) is 8.74. The van der Waals surface area contributed by atoms with E-state index in [-0.39, 0.29) is 12.2 Å². The molecule has 1 N–H and O–H groups in total. The molecule has 1 amide bonds. The molecule has 0 bridgehead atoms. The first-order valence-electron chi connectivity index (χ1n) is 10.8. The van der Waals surface area contributed by atoms with Gasteiger partial charge in [-0.2, -0.15) is 28.5 Å². The van der Waals surface area contributed by atoms with Gasteiger partial charge in [0.1, 0.15) is 5.69 Å². The minimum Gasteiger partial charge on any atom is -0.318 e. The highest BCUT2D eigenvalue weighted by molar-refractivity contribution is 9.10. The van der Waals surface area contributed by atoms with Crippen LogP contribution < -0.4 is 5.32 Å². The summed E-state index contributed by atoms with van der Waals surface area (Å²) < 4.78 is 44.4. The van der Waals surface area contributed by atoms with Crippen molar-refractivity contribution in [3.63, 3.8) is 0 Å². The van der Waals surface area contributed by atoms with Crippen molar-refractivity contribution in [2.75, 3.05) is 5.32 Å². The van der Waals surface area contributed by atoms with E-state index in [4.69, 9.17) is 0 Å². The number of nitrogens with zero attached hydrogens (tertiary/aromatic N) is 7. The molecule has 0 unspecified atom stereocenters. The van der Waals surface area contributed by atoms with Gasteiger partial charge in [-0.05, 0) is 46.6 Å². The molecule has 5 rings (SSSR count). The van der Waals surface area contributed by atoms with Crippen LogP contribution in [0.3, 0.4) is 0 Å². The number of nitrogens with one attached hydrogen (secondary N) is 1. The number of carbonyl (C=O) groups is 1. The second-order valence-electron chi connectivity index (χ2n) is 7.89. The summed E-state index contributed by atoms with van der Waals surface area (Å²) in [6.45, 7) is 2.78. The molecule has 0 atom stereocenters. The van der Waals surface area contributed by atoms with Crippen molar-refractivity contribution in [2.45, 2.75) is 26.2 Å². The fourth-order valence-electron chi connectivity index (χ4n) is 3.66. The molecule has 0 radical (unpaired) electrons. The smallest absolute Gasteiger partial charge is 0.318 e. The summed E-state index contributed by atoms with van der Waals surface area (Å²) in [5.74, 6) is -0.483. The van der Waals surface area contributed by atoms with E-state index < -0.39 is 17.6 Å². The Morgan fingerprint density at radius 1 is 1.11 bits per heavy atom. The number of carbonyl (C=O) groups excluding carboxylic acids is 1. The molecule has 0 spiro atoms. The van der Waals surface area contributed by atoms with Crippen molar-refractivity contribution in [2.24, 2.45) is 0 Å². The number of anilines is 1. The van der Waals surface area contributed by atoms with Gasteiger partial charge in [0.15, 0.2) is 11.3 Å². The topological polar surface area (TPSA) is 94.9 Å². The number of benzene rings is 1. The number of aromatic nitrogens is 7. The molecule has 184 valence electrons. The monoisotopic (exact) mass is 558 g/mol. The third-order valence-corrected chi connectivity index (χ3v) is 5.94. The fraction of sp³-hybridized carbons (Fsp3) is 0.174. The van der Waals surface area contributed by atoms with Crippen LogP contribution in [0.5, 0.6) is 0 Å². The summed E-state index contributed by atoms with van der Waals surface area (Å²) in [5.41, 5.74) is 2.00. The van der Waals surface area contributed by atoms with Crippen LogP contribution in [0.2, 0.25) is 0 Å². The summed E-state index contributed by atoms with van der Waals surface area (Å²) in [6, 6.07) is 8.33. The normalized spacial score (nSPS) is 11.8. The maximum Gasteiger partial charge on any atom is 0.416 e. The molecule has 0 saturated heterocycles. The van der Waals surface area contributed by atoms with Crippen molar-refractivity contribution in [3.8, 4) is 11.4 Å². The quantitative estimate of drug-likeness (QED) is 0.320. The van der Waals surface area contributed by atoms with E-state index in [0.29, 0.717) is 34.8 Å². The number of hydrogen-bond acceptors (Lipinski definition) is 5. The first-order chi connectivity index (χ1) is 17.2. The van der Waals surface area contributed by atoms with Crippen LogP contribution in [-0.2, 0) is 19.3 Å². The highest BCUT2D eigenvalue weighted by atomic mass is 79.9. The zero-order valence-electron chi connectivity index (χ0n) is 18.7. The minimum absolute atomic E-state index is 0.112. The average Bonchev–Trinajstić information content (AvgIpc) is 3.56. The SMILES string of the molecule is CCn1cc(Br)c(-c2ccnc3cc(C(=O)Nc4cnn(Cc5cccc(C(F)(F)F)c5)c4)nn23)n1. The molecule has 9 nitrogen and oxygen atoms in total. The summed E-state index contributed by atoms with van der Waals surface area (Å²) in [7, 11) is 0. The molecule has 5 aromatic rings. The van der Waals surface area contributed by atoms with Gasteiger partial charge in [0, 0.05) is 31.2 Å². The molecule has 4 heterocycles. The van der Waals surface area contributed by atoms with Crippen LogP contribution in [0.25, 0.3) is 17.0 Å². The third-order valence-electron chi connectivity index (χ3n) is 5.36. The Hall–Kier alpha value is -4.00. The number of fused-ring (bicyclic) bond motifs is 1. The van der Waals surface area contributed by atoms with Gasteiger partial charge in [0.05, 0.1) is 34.2 Å². The van der Waals surface area contributed by atoms with Crippen LogP contribution in [0.4, 0.5) is 18.9 Å². The summed E-state index contributed by atoms with van der Waals surface area (Å²) in [6.07, 6.45) is 2.00. The van der Waals surface area contributed by atoms with Gasteiger partial charge in [-0.3, -0.25) is 14.2 Å². The lowest BCUT2D eigenvalue weighted by molar-refractivity contribution is -0.137. The van der Waals surface area contributed by atoms with E-state index in [0.717, 1.165) is 16.6 Å². The molecule has 0 aliphatic carbocycles. The van der Waals surface area contributed by atoms with Crippen molar-refractivity contribution in [1.29, 1.82) is 0 Å². The summed E-state index contributed by atoms with van der Waals surface area (Å²) in [4.78, 5) is 17.1. The molecule has 13 heteroatoms. The highest BCUT2D eigenvalue weighted by Gasteiger charge is 2.30. The molecule has 0 fully saturated rings. The molecule has 1 aromatic carbocycles. The first kappa shape index (κ1) is 23.7. The third kappa shape index (κ3) is 4.73. The lowest BCUT2D eigenvalue weighted by atomic mass is 10.1. The molecule has 4 aromatic heterocycles. The largest absolute Gasteiger partial charge is 0.416 e.